The number of hydrogen-bond acceptors (Lipinski definition) is 6. The fraction of sp³-hybridized carbons (Fsp3) is 0.368. The molecule has 1 aromatic carbocycles. The fourth-order valence-electron chi connectivity index (χ4n) is 3.28. The number of aliphatic hydroxyl groups is 1. The van der Waals surface area contributed by atoms with Crippen molar-refractivity contribution in [1.82, 2.24) is 9.78 Å². The van der Waals surface area contributed by atoms with Crippen LogP contribution in [0, 0.1) is 0 Å². The van der Waals surface area contributed by atoms with Gasteiger partial charge in [0.1, 0.15) is 0 Å². The fourth-order valence-corrected chi connectivity index (χ4v) is 3.93. The molecule has 1 aliphatic carbocycles. The van der Waals surface area contributed by atoms with Gasteiger partial charge in [-0.1, -0.05) is 30.3 Å². The number of fused-ring (bicyclic) bond motifs is 1. The Labute approximate surface area is 154 Å². The molecule has 2 atom stereocenters. The van der Waals surface area contributed by atoms with Crippen molar-refractivity contribution in [2.45, 2.75) is 38.0 Å². The minimum atomic E-state index is -0.830. The van der Waals surface area contributed by atoms with Crippen LogP contribution in [-0.2, 0) is 17.7 Å². The summed E-state index contributed by atoms with van der Waals surface area (Å²) in [6, 6.07) is 12.0. The second-order valence-electron chi connectivity index (χ2n) is 6.40. The van der Waals surface area contributed by atoms with Gasteiger partial charge in [-0.3, -0.25) is 0 Å². The number of aliphatic hydroxyl groups excluding tert-OH is 1. The van der Waals surface area contributed by atoms with E-state index in [9.17, 15) is 9.90 Å². The third-order valence-electron chi connectivity index (χ3n) is 4.53. The number of nitrogens with zero attached hydrogens (tertiary/aromatic N) is 2. The van der Waals surface area contributed by atoms with Crippen LogP contribution in [0.1, 0.15) is 30.1 Å². The molecule has 0 fully saturated rings. The Morgan fingerprint density at radius 3 is 3.08 bits per heavy atom. The lowest BCUT2D eigenvalue weighted by Gasteiger charge is -2.26. The van der Waals surface area contributed by atoms with E-state index in [1.165, 1.54) is 22.5 Å². The summed E-state index contributed by atoms with van der Waals surface area (Å²) in [4.78, 5) is 12.7. The van der Waals surface area contributed by atoms with E-state index in [1.807, 2.05) is 29.6 Å². The Kier molecular flexibility index (Phi) is 5.01. The molecule has 0 spiro atoms. The summed E-state index contributed by atoms with van der Waals surface area (Å²) >= 11 is 1.44. The van der Waals surface area contributed by atoms with Gasteiger partial charge in [0.25, 0.3) is 5.89 Å². The zero-order valence-corrected chi connectivity index (χ0v) is 15.0. The highest BCUT2D eigenvalue weighted by Crippen LogP contribution is 2.32. The van der Waals surface area contributed by atoms with Gasteiger partial charge in [0.2, 0.25) is 0 Å². The summed E-state index contributed by atoms with van der Waals surface area (Å²) in [7, 11) is 0. The Balaban J connectivity index is 1.38. The van der Waals surface area contributed by atoms with Crippen LogP contribution in [0.4, 0.5) is 0 Å². The molecule has 136 valence electrons. The Morgan fingerprint density at radius 1 is 1.35 bits per heavy atom. The molecular formula is C19H20N2O4S. The SMILES string of the molecule is O=c1oc(-c2cccs2)nn1C[C@H](O)CO[C@@H]1CCCc2ccccc21. The Bertz CT molecular complexity index is 916. The second kappa shape index (κ2) is 7.57. The van der Waals surface area contributed by atoms with Crippen LogP contribution >= 0.6 is 11.3 Å². The molecule has 1 aliphatic rings. The first-order valence-corrected chi connectivity index (χ1v) is 9.58. The van der Waals surface area contributed by atoms with Crippen LogP contribution in [0.2, 0.25) is 0 Å². The smallest absolute Gasteiger partial charge is 0.389 e. The van der Waals surface area contributed by atoms with E-state index in [4.69, 9.17) is 9.15 Å². The van der Waals surface area contributed by atoms with E-state index in [1.54, 1.807) is 0 Å². The Morgan fingerprint density at radius 2 is 2.23 bits per heavy atom. The highest BCUT2D eigenvalue weighted by Gasteiger charge is 2.22. The normalized spacial score (nSPS) is 17.8. The van der Waals surface area contributed by atoms with Crippen LogP contribution in [0.5, 0.6) is 0 Å². The summed E-state index contributed by atoms with van der Waals surface area (Å²) in [5, 5.41) is 16.3. The van der Waals surface area contributed by atoms with Crippen LogP contribution in [-0.4, -0.2) is 27.6 Å². The molecule has 4 rings (SSSR count). The van der Waals surface area contributed by atoms with Gasteiger partial charge in [-0.2, -0.15) is 4.68 Å². The predicted octanol–water partition coefficient (Wildman–Crippen LogP) is 3.02. The average Bonchev–Trinajstić information content (AvgIpc) is 3.30. The van der Waals surface area contributed by atoms with E-state index in [2.05, 4.69) is 17.2 Å². The van der Waals surface area contributed by atoms with Gasteiger partial charge in [0.15, 0.2) is 0 Å². The third kappa shape index (κ3) is 3.65. The molecule has 0 unspecified atom stereocenters. The molecule has 0 aliphatic heterocycles. The van der Waals surface area contributed by atoms with Crippen molar-refractivity contribution in [3.63, 3.8) is 0 Å². The number of aromatic nitrogens is 2. The standard InChI is InChI=1S/C19H20N2O4S/c22-14(11-21-19(23)25-18(20-21)17-9-4-10-26-17)12-24-16-8-3-6-13-5-1-2-7-15(13)16/h1-2,4-5,7,9-10,14,16,22H,3,6,8,11-12H2/t14-,16+/m0/s1. The molecule has 7 heteroatoms. The van der Waals surface area contributed by atoms with Gasteiger partial charge in [-0.25, -0.2) is 4.79 Å². The summed E-state index contributed by atoms with van der Waals surface area (Å²) in [6.45, 7) is 0.189. The zero-order chi connectivity index (χ0) is 17.9. The first-order valence-electron chi connectivity index (χ1n) is 8.70. The van der Waals surface area contributed by atoms with Crippen molar-refractivity contribution < 1.29 is 14.3 Å². The minimum Gasteiger partial charge on any atom is -0.389 e. The number of hydrogen-bond donors (Lipinski definition) is 1. The summed E-state index contributed by atoms with van der Waals surface area (Å²) in [5.74, 6) is -0.296. The van der Waals surface area contributed by atoms with Crippen molar-refractivity contribution in [1.29, 1.82) is 0 Å². The molecule has 3 aromatic rings. The molecule has 0 amide bonds. The van der Waals surface area contributed by atoms with Crippen molar-refractivity contribution >= 4 is 11.3 Å². The second-order valence-corrected chi connectivity index (χ2v) is 7.35. The quantitative estimate of drug-likeness (QED) is 0.720. The van der Waals surface area contributed by atoms with Crippen molar-refractivity contribution in [3.8, 4) is 10.8 Å². The number of ether oxygens (including phenoxy) is 1. The van der Waals surface area contributed by atoms with Crippen LogP contribution < -0.4 is 5.76 Å². The lowest BCUT2D eigenvalue weighted by atomic mass is 9.89. The van der Waals surface area contributed by atoms with Crippen molar-refractivity contribution in [2.24, 2.45) is 0 Å². The van der Waals surface area contributed by atoms with Gasteiger partial charge in [-0.15, -0.1) is 16.4 Å². The molecule has 2 heterocycles. The summed E-state index contributed by atoms with van der Waals surface area (Å²) in [5.41, 5.74) is 2.51. The molecule has 6 nitrogen and oxygen atoms in total. The maximum Gasteiger partial charge on any atom is 0.437 e. The minimum absolute atomic E-state index is 0.00897. The van der Waals surface area contributed by atoms with Crippen LogP contribution in [0.25, 0.3) is 10.8 Å². The topological polar surface area (TPSA) is 77.5 Å². The monoisotopic (exact) mass is 372 g/mol. The predicted molar refractivity (Wildman–Crippen MR) is 98.2 cm³/mol. The molecule has 26 heavy (non-hydrogen) atoms. The molecule has 0 saturated carbocycles. The molecule has 2 aromatic heterocycles. The molecular weight excluding hydrogens is 352 g/mol. The largest absolute Gasteiger partial charge is 0.437 e. The van der Waals surface area contributed by atoms with E-state index in [-0.39, 0.29) is 25.1 Å². The first kappa shape index (κ1) is 17.2. The Hall–Kier alpha value is -2.22. The average molecular weight is 372 g/mol. The maximum atomic E-state index is 11.9. The van der Waals surface area contributed by atoms with Crippen LogP contribution in [0.3, 0.4) is 0 Å². The van der Waals surface area contributed by atoms with Crippen LogP contribution in [0.15, 0.2) is 51.0 Å². The molecule has 1 N–H and O–H groups in total. The molecule has 0 bridgehead atoms. The van der Waals surface area contributed by atoms with E-state index >= 15 is 0 Å². The third-order valence-corrected chi connectivity index (χ3v) is 5.38. The number of rotatable bonds is 6. The summed E-state index contributed by atoms with van der Waals surface area (Å²) in [6.07, 6.45) is 2.24. The van der Waals surface area contributed by atoms with Gasteiger partial charge in [0.05, 0.1) is 30.2 Å². The highest BCUT2D eigenvalue weighted by atomic mass is 32.1. The van der Waals surface area contributed by atoms with Crippen molar-refractivity contribution in [3.05, 3.63) is 63.5 Å². The van der Waals surface area contributed by atoms with Gasteiger partial charge < -0.3 is 14.3 Å². The first-order chi connectivity index (χ1) is 12.7. The summed E-state index contributed by atoms with van der Waals surface area (Å²) < 4.78 is 12.2. The maximum absolute atomic E-state index is 11.9. The van der Waals surface area contributed by atoms with E-state index < -0.39 is 11.9 Å². The number of aryl methyl sites for hydroxylation is 1. The number of thiophene rings is 1. The van der Waals surface area contributed by atoms with Crippen molar-refractivity contribution in [2.75, 3.05) is 6.61 Å². The van der Waals surface area contributed by atoms with E-state index in [0.717, 1.165) is 28.8 Å². The van der Waals surface area contributed by atoms with E-state index in [0.29, 0.717) is 0 Å². The van der Waals surface area contributed by atoms with Gasteiger partial charge in [0, 0.05) is 0 Å². The molecule has 0 radical (unpaired) electrons. The lowest BCUT2D eigenvalue weighted by molar-refractivity contribution is -0.0241. The number of benzene rings is 1. The van der Waals surface area contributed by atoms with Gasteiger partial charge in [-0.05, 0) is 41.8 Å². The van der Waals surface area contributed by atoms with Gasteiger partial charge >= 0.3 is 5.76 Å². The zero-order valence-electron chi connectivity index (χ0n) is 14.2. The molecule has 0 saturated heterocycles. The highest BCUT2D eigenvalue weighted by molar-refractivity contribution is 7.13. The lowest BCUT2D eigenvalue weighted by Crippen LogP contribution is -2.29.